The lowest BCUT2D eigenvalue weighted by molar-refractivity contribution is 0.414. The molecule has 0 fully saturated rings. The first-order valence-electron chi connectivity index (χ1n) is 8.22. The second kappa shape index (κ2) is 8.31. The normalized spacial score (nSPS) is 17.2. The van der Waals surface area contributed by atoms with E-state index in [0.717, 1.165) is 12.2 Å². The molecule has 0 radical (unpaired) electrons. The number of methoxy groups -OCH3 is 1. The number of hydrogen-bond acceptors (Lipinski definition) is 2. The maximum atomic E-state index is 5.30. The molecule has 0 spiro atoms. The average Bonchev–Trinajstić information content (AvgIpc) is 2.87. The van der Waals surface area contributed by atoms with Gasteiger partial charge in [-0.1, -0.05) is 45.1 Å². The second-order valence-corrected chi connectivity index (χ2v) is 5.96. The summed E-state index contributed by atoms with van der Waals surface area (Å²) in [6, 6.07) is 7.13. The number of ether oxygens (including phenoxy) is 1. The van der Waals surface area contributed by atoms with Crippen LogP contribution < -0.4 is 10.1 Å². The van der Waals surface area contributed by atoms with Crippen LogP contribution in [0.5, 0.6) is 5.75 Å². The Morgan fingerprint density at radius 3 is 2.60 bits per heavy atom. The predicted octanol–water partition coefficient (Wildman–Crippen LogP) is 4.11. The van der Waals surface area contributed by atoms with Gasteiger partial charge in [-0.3, -0.25) is 0 Å². The number of nitrogens with one attached hydrogen (secondary N) is 1. The smallest absolute Gasteiger partial charge is 0.119 e. The van der Waals surface area contributed by atoms with Gasteiger partial charge in [-0.05, 0) is 49.1 Å². The van der Waals surface area contributed by atoms with E-state index in [1.165, 1.54) is 62.6 Å². The van der Waals surface area contributed by atoms with Crippen LogP contribution in [0.3, 0.4) is 0 Å². The fourth-order valence-electron chi connectivity index (χ4n) is 3.08. The fourth-order valence-corrected chi connectivity index (χ4v) is 3.08. The third-order valence-corrected chi connectivity index (χ3v) is 4.31. The van der Waals surface area contributed by atoms with Crippen LogP contribution in [0.4, 0.5) is 0 Å². The Hall–Kier alpha value is -1.02. The first-order valence-corrected chi connectivity index (χ1v) is 8.22. The molecule has 1 atom stereocenters. The molecule has 1 aliphatic carbocycles. The van der Waals surface area contributed by atoms with Crippen LogP contribution >= 0.6 is 0 Å². The maximum absolute atomic E-state index is 5.30. The van der Waals surface area contributed by atoms with Crippen LogP contribution in [-0.4, -0.2) is 19.7 Å². The summed E-state index contributed by atoms with van der Waals surface area (Å²) >= 11 is 0. The minimum absolute atomic E-state index is 0.632. The SMILES string of the molecule is CCCCCCCCN[C@H]1Cc2ccc(OC)cc2C1. The van der Waals surface area contributed by atoms with E-state index >= 15 is 0 Å². The van der Waals surface area contributed by atoms with Gasteiger partial charge in [0.25, 0.3) is 0 Å². The van der Waals surface area contributed by atoms with Crippen molar-refractivity contribution >= 4 is 0 Å². The van der Waals surface area contributed by atoms with Crippen molar-refractivity contribution in [2.45, 2.75) is 64.3 Å². The van der Waals surface area contributed by atoms with Crippen molar-refractivity contribution in [1.29, 1.82) is 0 Å². The van der Waals surface area contributed by atoms with Crippen molar-refractivity contribution in [2.24, 2.45) is 0 Å². The molecule has 0 amide bonds. The number of benzene rings is 1. The van der Waals surface area contributed by atoms with Crippen molar-refractivity contribution in [3.63, 3.8) is 0 Å². The molecule has 0 aliphatic heterocycles. The van der Waals surface area contributed by atoms with Gasteiger partial charge >= 0.3 is 0 Å². The Kier molecular flexibility index (Phi) is 6.38. The number of fused-ring (bicyclic) bond motifs is 1. The number of unbranched alkanes of at least 4 members (excludes halogenated alkanes) is 5. The van der Waals surface area contributed by atoms with Crippen molar-refractivity contribution in [3.8, 4) is 5.75 Å². The summed E-state index contributed by atoms with van der Waals surface area (Å²) in [5, 5.41) is 3.72. The Morgan fingerprint density at radius 1 is 1.05 bits per heavy atom. The molecular weight excluding hydrogens is 246 g/mol. The highest BCUT2D eigenvalue weighted by Crippen LogP contribution is 2.26. The van der Waals surface area contributed by atoms with E-state index < -0.39 is 0 Å². The van der Waals surface area contributed by atoms with Crippen LogP contribution in [0.1, 0.15) is 56.6 Å². The van der Waals surface area contributed by atoms with E-state index in [1.807, 2.05) is 0 Å². The van der Waals surface area contributed by atoms with E-state index in [2.05, 4.69) is 30.4 Å². The third-order valence-electron chi connectivity index (χ3n) is 4.31. The zero-order chi connectivity index (χ0) is 14.2. The van der Waals surface area contributed by atoms with Crippen LogP contribution in [0.15, 0.2) is 18.2 Å². The van der Waals surface area contributed by atoms with Gasteiger partial charge < -0.3 is 10.1 Å². The van der Waals surface area contributed by atoms with Crippen LogP contribution in [0, 0.1) is 0 Å². The lowest BCUT2D eigenvalue weighted by Gasteiger charge is -2.11. The molecule has 1 aliphatic rings. The first-order chi connectivity index (χ1) is 9.83. The zero-order valence-corrected chi connectivity index (χ0v) is 13.1. The number of hydrogen-bond donors (Lipinski definition) is 1. The van der Waals surface area contributed by atoms with Gasteiger partial charge in [0.15, 0.2) is 0 Å². The predicted molar refractivity (Wildman–Crippen MR) is 85.6 cm³/mol. The molecule has 2 nitrogen and oxygen atoms in total. The maximum Gasteiger partial charge on any atom is 0.119 e. The van der Waals surface area contributed by atoms with Gasteiger partial charge in [-0.25, -0.2) is 0 Å². The summed E-state index contributed by atoms with van der Waals surface area (Å²) in [6.45, 7) is 3.44. The molecular formula is C18H29NO. The average molecular weight is 275 g/mol. The van der Waals surface area contributed by atoms with Gasteiger partial charge in [0.1, 0.15) is 5.75 Å². The molecule has 0 saturated carbocycles. The standard InChI is InChI=1S/C18H29NO/c1-3-4-5-6-7-8-11-19-17-12-15-9-10-18(20-2)14-16(15)13-17/h9-10,14,17,19H,3-8,11-13H2,1-2H3/t17-/m0/s1. The third kappa shape index (κ3) is 4.52. The molecule has 112 valence electrons. The molecule has 20 heavy (non-hydrogen) atoms. The van der Waals surface area contributed by atoms with Crippen molar-refractivity contribution < 1.29 is 4.74 Å². The highest BCUT2D eigenvalue weighted by Gasteiger charge is 2.20. The van der Waals surface area contributed by atoms with E-state index in [4.69, 9.17) is 4.74 Å². The molecule has 0 bridgehead atoms. The van der Waals surface area contributed by atoms with Gasteiger partial charge in [0, 0.05) is 6.04 Å². The molecule has 2 rings (SSSR count). The summed E-state index contributed by atoms with van der Waals surface area (Å²) in [7, 11) is 1.74. The minimum atomic E-state index is 0.632. The van der Waals surface area contributed by atoms with E-state index in [-0.39, 0.29) is 0 Å². The Morgan fingerprint density at radius 2 is 1.80 bits per heavy atom. The highest BCUT2D eigenvalue weighted by atomic mass is 16.5. The van der Waals surface area contributed by atoms with Gasteiger partial charge in [-0.15, -0.1) is 0 Å². The minimum Gasteiger partial charge on any atom is -0.497 e. The lowest BCUT2D eigenvalue weighted by Crippen LogP contribution is -2.30. The van der Waals surface area contributed by atoms with Crippen LogP contribution in [-0.2, 0) is 12.8 Å². The lowest BCUT2D eigenvalue weighted by atomic mass is 10.1. The van der Waals surface area contributed by atoms with E-state index in [9.17, 15) is 0 Å². The molecule has 1 aromatic rings. The van der Waals surface area contributed by atoms with Gasteiger partial charge in [-0.2, -0.15) is 0 Å². The number of rotatable bonds is 9. The summed E-state index contributed by atoms with van der Waals surface area (Å²) < 4.78 is 5.30. The van der Waals surface area contributed by atoms with Gasteiger partial charge in [0.05, 0.1) is 7.11 Å². The van der Waals surface area contributed by atoms with Crippen molar-refractivity contribution in [1.82, 2.24) is 5.32 Å². The first kappa shape index (κ1) is 15.4. The van der Waals surface area contributed by atoms with Crippen LogP contribution in [0.2, 0.25) is 0 Å². The Balaban J connectivity index is 1.62. The van der Waals surface area contributed by atoms with Crippen LogP contribution in [0.25, 0.3) is 0 Å². The zero-order valence-electron chi connectivity index (χ0n) is 13.1. The highest BCUT2D eigenvalue weighted by molar-refractivity contribution is 5.39. The van der Waals surface area contributed by atoms with E-state index in [1.54, 1.807) is 7.11 Å². The summed E-state index contributed by atoms with van der Waals surface area (Å²) in [4.78, 5) is 0. The Bertz CT molecular complexity index is 402. The quantitative estimate of drug-likeness (QED) is 0.685. The van der Waals surface area contributed by atoms with Crippen molar-refractivity contribution in [2.75, 3.05) is 13.7 Å². The summed E-state index contributed by atoms with van der Waals surface area (Å²) in [6.07, 6.45) is 10.6. The summed E-state index contributed by atoms with van der Waals surface area (Å²) in [5.74, 6) is 0.986. The monoisotopic (exact) mass is 275 g/mol. The molecule has 1 N–H and O–H groups in total. The molecule has 0 saturated heterocycles. The second-order valence-electron chi connectivity index (χ2n) is 5.96. The molecule has 0 heterocycles. The Labute approximate surface area is 123 Å². The largest absolute Gasteiger partial charge is 0.497 e. The molecule has 2 heteroatoms. The molecule has 1 aromatic carbocycles. The van der Waals surface area contributed by atoms with E-state index in [0.29, 0.717) is 6.04 Å². The molecule has 0 aromatic heterocycles. The molecule has 0 unspecified atom stereocenters. The topological polar surface area (TPSA) is 21.3 Å². The van der Waals surface area contributed by atoms with Gasteiger partial charge in [0.2, 0.25) is 0 Å². The van der Waals surface area contributed by atoms with Crippen molar-refractivity contribution in [3.05, 3.63) is 29.3 Å². The summed E-state index contributed by atoms with van der Waals surface area (Å²) in [5.41, 5.74) is 2.95. The fraction of sp³-hybridized carbons (Fsp3) is 0.667.